The molecule has 0 aliphatic rings. The molecular weight excluding hydrogens is 364 g/mol. The molecule has 0 aliphatic heterocycles. The van der Waals surface area contributed by atoms with Crippen molar-refractivity contribution in [3.63, 3.8) is 0 Å². The van der Waals surface area contributed by atoms with Gasteiger partial charge in [0.2, 0.25) is 0 Å². The molecule has 0 radical (unpaired) electrons. The van der Waals surface area contributed by atoms with Crippen LogP contribution in [-0.2, 0) is 5.75 Å². The monoisotopic (exact) mass is 383 g/mol. The fourth-order valence-corrected chi connectivity index (χ4v) is 3.42. The zero-order valence-corrected chi connectivity index (χ0v) is 15.9. The molecule has 27 heavy (non-hydrogen) atoms. The van der Waals surface area contributed by atoms with Crippen molar-refractivity contribution in [1.82, 2.24) is 15.0 Å². The maximum absolute atomic E-state index is 13.7. The number of H-pyrrole nitrogens is 1. The first-order chi connectivity index (χ1) is 13.2. The predicted molar refractivity (Wildman–Crippen MR) is 107 cm³/mol. The Morgan fingerprint density at radius 3 is 2.59 bits per heavy atom. The molecule has 0 atom stereocenters. The average Bonchev–Trinajstić information content (AvgIpc) is 3.13. The van der Waals surface area contributed by atoms with E-state index in [4.69, 9.17) is 0 Å². The molecule has 0 saturated carbocycles. The Morgan fingerprint density at radius 1 is 1.00 bits per heavy atom. The van der Waals surface area contributed by atoms with Crippen LogP contribution in [0.1, 0.15) is 19.4 Å². The van der Waals surface area contributed by atoms with Gasteiger partial charge in [-0.2, -0.15) is 0 Å². The smallest absolute Gasteiger partial charge is 0.157 e. The number of pyridine rings is 1. The van der Waals surface area contributed by atoms with Crippen LogP contribution in [0.2, 0.25) is 0 Å². The summed E-state index contributed by atoms with van der Waals surface area (Å²) in [7, 11) is 0. The molecule has 0 spiro atoms. The van der Waals surface area contributed by atoms with E-state index in [2.05, 4.69) is 15.0 Å². The minimum Gasteiger partial charge on any atom is -0.337 e. The van der Waals surface area contributed by atoms with Gasteiger partial charge in [-0.3, -0.25) is 4.98 Å². The highest BCUT2D eigenvalue weighted by molar-refractivity contribution is 7.98. The second-order valence-corrected chi connectivity index (χ2v) is 6.55. The molecule has 3 nitrogen and oxygen atoms in total. The number of hydrogen-bond acceptors (Lipinski definition) is 3. The number of imidazole rings is 1. The topological polar surface area (TPSA) is 41.6 Å². The maximum Gasteiger partial charge on any atom is 0.157 e. The number of nitrogens with one attached hydrogen (secondary N) is 1. The van der Waals surface area contributed by atoms with E-state index < -0.39 is 11.6 Å². The molecule has 0 aliphatic carbocycles. The molecule has 2 aromatic heterocycles. The summed E-state index contributed by atoms with van der Waals surface area (Å²) in [5.41, 5.74) is 3.00. The van der Waals surface area contributed by atoms with Crippen LogP contribution >= 0.6 is 11.8 Å². The second-order valence-electron chi connectivity index (χ2n) is 5.50. The van der Waals surface area contributed by atoms with Gasteiger partial charge in [-0.1, -0.05) is 26.0 Å². The van der Waals surface area contributed by atoms with E-state index in [1.54, 1.807) is 6.20 Å². The quantitative estimate of drug-likeness (QED) is 0.425. The molecular formula is C21H19F2N3S. The van der Waals surface area contributed by atoms with Crippen molar-refractivity contribution in [3.05, 3.63) is 78.0 Å². The van der Waals surface area contributed by atoms with Crippen LogP contribution in [0.15, 0.2) is 65.7 Å². The molecule has 0 fully saturated rings. The summed E-state index contributed by atoms with van der Waals surface area (Å²) in [6.07, 6.45) is 1.72. The number of aromatic amines is 1. The third-order valence-corrected chi connectivity index (χ3v) is 4.81. The number of nitrogens with zero attached hydrogens (tertiary/aromatic N) is 2. The lowest BCUT2D eigenvalue weighted by molar-refractivity contribution is 0.576. The minimum atomic E-state index is -0.563. The summed E-state index contributed by atoms with van der Waals surface area (Å²) in [6, 6.07) is 15.2. The van der Waals surface area contributed by atoms with Crippen molar-refractivity contribution in [2.75, 3.05) is 0 Å². The molecule has 2 heterocycles. The third kappa shape index (κ3) is 4.52. The Kier molecular flexibility index (Phi) is 6.19. The number of halogens is 2. The second kappa shape index (κ2) is 8.77. The summed E-state index contributed by atoms with van der Waals surface area (Å²) in [4.78, 5) is 13.1. The zero-order chi connectivity index (χ0) is 19.2. The zero-order valence-electron chi connectivity index (χ0n) is 15.0. The van der Waals surface area contributed by atoms with Gasteiger partial charge in [0, 0.05) is 22.9 Å². The van der Waals surface area contributed by atoms with E-state index in [-0.39, 0.29) is 0 Å². The Balaban J connectivity index is 0.00000102. The fourth-order valence-electron chi connectivity index (χ4n) is 2.50. The van der Waals surface area contributed by atoms with E-state index in [0.717, 1.165) is 27.7 Å². The molecule has 4 aromatic rings. The van der Waals surface area contributed by atoms with Crippen LogP contribution in [-0.4, -0.2) is 15.0 Å². The van der Waals surface area contributed by atoms with Gasteiger partial charge in [0.05, 0.1) is 11.0 Å². The van der Waals surface area contributed by atoms with Crippen LogP contribution in [0.3, 0.4) is 0 Å². The lowest BCUT2D eigenvalue weighted by atomic mass is 10.2. The highest BCUT2D eigenvalue weighted by atomic mass is 32.2. The van der Waals surface area contributed by atoms with Crippen molar-refractivity contribution in [1.29, 1.82) is 0 Å². The van der Waals surface area contributed by atoms with Crippen LogP contribution in [0.25, 0.3) is 22.6 Å². The van der Waals surface area contributed by atoms with Gasteiger partial charge >= 0.3 is 0 Å². The van der Waals surface area contributed by atoms with E-state index in [1.165, 1.54) is 23.9 Å². The molecule has 1 N–H and O–H groups in total. The summed E-state index contributed by atoms with van der Waals surface area (Å²) in [5, 5.41) is 0. The van der Waals surface area contributed by atoms with Gasteiger partial charge < -0.3 is 4.98 Å². The number of thioether (sulfide) groups is 1. The number of benzene rings is 2. The molecule has 4 rings (SSSR count). The molecule has 0 bridgehead atoms. The van der Waals surface area contributed by atoms with Crippen LogP contribution < -0.4 is 0 Å². The average molecular weight is 383 g/mol. The first-order valence-electron chi connectivity index (χ1n) is 8.67. The van der Waals surface area contributed by atoms with E-state index in [9.17, 15) is 8.78 Å². The Labute approximate surface area is 160 Å². The van der Waals surface area contributed by atoms with E-state index in [1.807, 2.05) is 50.2 Å². The number of rotatable bonds is 4. The maximum atomic E-state index is 13.7. The normalized spacial score (nSPS) is 10.5. The highest BCUT2D eigenvalue weighted by Crippen LogP contribution is 2.28. The number of fused-ring (bicyclic) bond motifs is 1. The van der Waals surface area contributed by atoms with Gasteiger partial charge in [-0.05, 0) is 42.0 Å². The number of hydrogen-bond donors (Lipinski definition) is 1. The summed E-state index contributed by atoms with van der Waals surface area (Å²) < 4.78 is 26.7. The van der Waals surface area contributed by atoms with Gasteiger partial charge in [0.1, 0.15) is 17.3 Å². The van der Waals surface area contributed by atoms with Crippen molar-refractivity contribution >= 4 is 22.8 Å². The number of aromatic nitrogens is 3. The summed E-state index contributed by atoms with van der Waals surface area (Å²) in [5.74, 6) is 0.0563. The van der Waals surface area contributed by atoms with Crippen LogP contribution in [0.4, 0.5) is 8.78 Å². The standard InChI is InChI=1S/C19H13F2N3S.C2H6/c20-13-5-4-12(15(21)9-13)11-25-14-6-7-16-18(10-14)24-19(23-16)17-3-1-2-8-22-17;1-2/h1-10H,11H2,(H,23,24);1-2H3. The highest BCUT2D eigenvalue weighted by Gasteiger charge is 2.08. The van der Waals surface area contributed by atoms with Crippen molar-refractivity contribution in [2.45, 2.75) is 24.5 Å². The van der Waals surface area contributed by atoms with Crippen molar-refractivity contribution < 1.29 is 8.78 Å². The fraction of sp³-hybridized carbons (Fsp3) is 0.143. The van der Waals surface area contributed by atoms with Crippen molar-refractivity contribution in [2.24, 2.45) is 0 Å². The van der Waals surface area contributed by atoms with Crippen LogP contribution in [0, 0.1) is 11.6 Å². The van der Waals surface area contributed by atoms with Gasteiger partial charge in [-0.25, -0.2) is 13.8 Å². The SMILES string of the molecule is CC.Fc1ccc(CSc2ccc3nc(-c4ccccn4)[nH]c3c2)c(F)c1. The molecule has 2 aromatic carbocycles. The Bertz CT molecular complexity index is 1030. The van der Waals surface area contributed by atoms with Crippen LogP contribution in [0.5, 0.6) is 0 Å². The first kappa shape index (κ1) is 19.0. The Morgan fingerprint density at radius 2 is 1.85 bits per heavy atom. The third-order valence-electron chi connectivity index (χ3n) is 3.77. The van der Waals surface area contributed by atoms with Gasteiger partial charge in [0.15, 0.2) is 5.82 Å². The lowest BCUT2D eigenvalue weighted by Gasteiger charge is -2.04. The molecule has 0 amide bonds. The molecule has 0 saturated heterocycles. The first-order valence-corrected chi connectivity index (χ1v) is 9.65. The Hall–Kier alpha value is -2.73. The molecule has 0 unspecified atom stereocenters. The van der Waals surface area contributed by atoms with Gasteiger partial charge in [0.25, 0.3) is 0 Å². The minimum absolute atomic E-state index is 0.429. The van der Waals surface area contributed by atoms with Crippen molar-refractivity contribution in [3.8, 4) is 11.5 Å². The summed E-state index contributed by atoms with van der Waals surface area (Å²) >= 11 is 1.49. The largest absolute Gasteiger partial charge is 0.337 e. The van der Waals surface area contributed by atoms with E-state index >= 15 is 0 Å². The summed E-state index contributed by atoms with van der Waals surface area (Å²) in [6.45, 7) is 4.00. The molecule has 6 heteroatoms. The lowest BCUT2D eigenvalue weighted by Crippen LogP contribution is -1.89. The molecule has 138 valence electrons. The van der Waals surface area contributed by atoms with E-state index in [0.29, 0.717) is 17.1 Å². The predicted octanol–water partition coefficient (Wildman–Crippen LogP) is 6.22. The van der Waals surface area contributed by atoms with Gasteiger partial charge in [-0.15, -0.1) is 11.8 Å².